The van der Waals surface area contributed by atoms with Crippen molar-refractivity contribution in [3.05, 3.63) is 6.20 Å². The van der Waals surface area contributed by atoms with Gasteiger partial charge in [-0.2, -0.15) is 4.31 Å². The van der Waals surface area contributed by atoms with E-state index in [4.69, 9.17) is 0 Å². The van der Waals surface area contributed by atoms with Crippen molar-refractivity contribution in [1.29, 1.82) is 0 Å². The summed E-state index contributed by atoms with van der Waals surface area (Å²) in [5, 5.41) is 7.64. The first-order valence-electron chi connectivity index (χ1n) is 7.44. The summed E-state index contributed by atoms with van der Waals surface area (Å²) in [6.45, 7) is 1.21. The standard InChI is InChI=1S/C13H25N5O2S/c1-16(2)9-10-18(12-7-5-4-6-8-12)21(19,20)13-11-14-15-17(13)3/h11-12H,4-10H2,1-3H3. The van der Waals surface area contributed by atoms with Gasteiger partial charge in [0, 0.05) is 26.2 Å². The van der Waals surface area contributed by atoms with E-state index < -0.39 is 10.0 Å². The lowest BCUT2D eigenvalue weighted by Crippen LogP contribution is -2.45. The Bertz CT molecular complexity index is 549. The van der Waals surface area contributed by atoms with Gasteiger partial charge in [0.05, 0.1) is 6.20 Å². The maximum atomic E-state index is 12.9. The minimum Gasteiger partial charge on any atom is -0.308 e. The summed E-state index contributed by atoms with van der Waals surface area (Å²) in [6, 6.07) is 0.0959. The minimum absolute atomic E-state index is 0.0959. The van der Waals surface area contributed by atoms with Crippen molar-refractivity contribution in [3.8, 4) is 0 Å². The van der Waals surface area contributed by atoms with Crippen LogP contribution in [0.25, 0.3) is 0 Å². The van der Waals surface area contributed by atoms with Gasteiger partial charge < -0.3 is 4.90 Å². The molecule has 1 heterocycles. The van der Waals surface area contributed by atoms with Crippen LogP contribution in [0.3, 0.4) is 0 Å². The molecule has 7 nitrogen and oxygen atoms in total. The molecule has 0 unspecified atom stereocenters. The highest BCUT2D eigenvalue weighted by atomic mass is 32.2. The van der Waals surface area contributed by atoms with Crippen LogP contribution >= 0.6 is 0 Å². The average molecular weight is 315 g/mol. The number of hydrogen-bond acceptors (Lipinski definition) is 5. The molecule has 0 radical (unpaired) electrons. The predicted molar refractivity (Wildman–Crippen MR) is 80.3 cm³/mol. The first-order valence-corrected chi connectivity index (χ1v) is 8.88. The zero-order valence-corrected chi connectivity index (χ0v) is 13.9. The lowest BCUT2D eigenvalue weighted by atomic mass is 9.95. The van der Waals surface area contributed by atoms with E-state index in [1.54, 1.807) is 11.4 Å². The highest BCUT2D eigenvalue weighted by Crippen LogP contribution is 2.27. The molecule has 120 valence electrons. The van der Waals surface area contributed by atoms with Crippen LogP contribution in [-0.4, -0.2) is 65.8 Å². The van der Waals surface area contributed by atoms with Crippen LogP contribution in [0.1, 0.15) is 32.1 Å². The fraction of sp³-hybridized carbons (Fsp3) is 0.846. The predicted octanol–water partition coefficient (Wildman–Crippen LogP) is 0.700. The summed E-state index contributed by atoms with van der Waals surface area (Å²) in [5.74, 6) is 0. The fourth-order valence-electron chi connectivity index (χ4n) is 2.80. The van der Waals surface area contributed by atoms with E-state index in [9.17, 15) is 8.42 Å². The Balaban J connectivity index is 2.27. The highest BCUT2D eigenvalue weighted by Gasteiger charge is 2.34. The Hall–Kier alpha value is -0.990. The first-order chi connectivity index (χ1) is 9.93. The van der Waals surface area contributed by atoms with Crippen molar-refractivity contribution in [1.82, 2.24) is 24.2 Å². The summed E-state index contributed by atoms with van der Waals surface area (Å²) >= 11 is 0. The van der Waals surface area contributed by atoms with Crippen LogP contribution in [0.4, 0.5) is 0 Å². The number of likely N-dealkylation sites (N-methyl/N-ethyl adjacent to an activating group) is 1. The molecule has 0 spiro atoms. The van der Waals surface area contributed by atoms with Crippen molar-refractivity contribution in [3.63, 3.8) is 0 Å². The second-order valence-electron chi connectivity index (χ2n) is 5.91. The van der Waals surface area contributed by atoms with Gasteiger partial charge in [0.15, 0.2) is 5.03 Å². The molecule has 1 aliphatic carbocycles. The number of rotatable bonds is 6. The van der Waals surface area contributed by atoms with Gasteiger partial charge in [-0.15, -0.1) is 5.10 Å². The normalized spacial score (nSPS) is 17.8. The molecule has 8 heteroatoms. The fourth-order valence-corrected chi connectivity index (χ4v) is 4.52. The molecule has 1 saturated carbocycles. The molecule has 0 amide bonds. The largest absolute Gasteiger partial charge is 0.308 e. The zero-order valence-electron chi connectivity index (χ0n) is 13.1. The molecule has 2 rings (SSSR count). The van der Waals surface area contributed by atoms with Crippen molar-refractivity contribution in [2.75, 3.05) is 27.2 Å². The SMILES string of the molecule is CN(C)CCN(C1CCCCC1)S(=O)(=O)c1cnnn1C. The average Bonchev–Trinajstić information content (AvgIpc) is 2.86. The lowest BCUT2D eigenvalue weighted by Gasteiger charge is -2.33. The molecule has 1 aromatic heterocycles. The Morgan fingerprint density at radius 2 is 1.90 bits per heavy atom. The number of sulfonamides is 1. The molecule has 0 aliphatic heterocycles. The molecule has 0 atom stereocenters. The maximum absolute atomic E-state index is 12.9. The summed E-state index contributed by atoms with van der Waals surface area (Å²) in [7, 11) is 1.99. The van der Waals surface area contributed by atoms with E-state index in [1.165, 1.54) is 17.3 Å². The third kappa shape index (κ3) is 3.81. The molecule has 1 aliphatic rings. The van der Waals surface area contributed by atoms with Crippen molar-refractivity contribution >= 4 is 10.0 Å². The maximum Gasteiger partial charge on any atom is 0.262 e. The Morgan fingerprint density at radius 3 is 2.43 bits per heavy atom. The molecule has 0 N–H and O–H groups in total. The van der Waals surface area contributed by atoms with Crippen molar-refractivity contribution in [2.24, 2.45) is 7.05 Å². The monoisotopic (exact) mass is 315 g/mol. The van der Waals surface area contributed by atoms with Gasteiger partial charge in [0.1, 0.15) is 0 Å². The van der Waals surface area contributed by atoms with Gasteiger partial charge in [-0.25, -0.2) is 13.1 Å². The zero-order chi connectivity index (χ0) is 15.5. The van der Waals surface area contributed by atoms with Crippen LogP contribution < -0.4 is 0 Å². The second-order valence-corrected chi connectivity index (χ2v) is 7.74. The number of aromatic nitrogens is 3. The summed E-state index contributed by atoms with van der Waals surface area (Å²) in [4.78, 5) is 2.01. The van der Waals surface area contributed by atoms with Gasteiger partial charge in [0.2, 0.25) is 0 Å². The summed E-state index contributed by atoms with van der Waals surface area (Å²) < 4.78 is 28.9. The van der Waals surface area contributed by atoms with Crippen molar-refractivity contribution in [2.45, 2.75) is 43.2 Å². The van der Waals surface area contributed by atoms with Gasteiger partial charge in [-0.05, 0) is 26.9 Å². The number of nitrogens with zero attached hydrogens (tertiary/aromatic N) is 5. The number of aryl methyl sites for hydroxylation is 1. The van der Waals surface area contributed by atoms with Gasteiger partial charge in [0.25, 0.3) is 10.0 Å². The summed E-state index contributed by atoms with van der Waals surface area (Å²) in [5.41, 5.74) is 0. The van der Waals surface area contributed by atoms with Gasteiger partial charge in [-0.1, -0.05) is 24.5 Å². The van der Waals surface area contributed by atoms with E-state index in [0.717, 1.165) is 25.7 Å². The van der Waals surface area contributed by atoms with E-state index in [0.29, 0.717) is 13.1 Å². The van der Waals surface area contributed by atoms with Crippen molar-refractivity contribution < 1.29 is 8.42 Å². The van der Waals surface area contributed by atoms with E-state index in [1.807, 2.05) is 19.0 Å². The molecular formula is C13H25N5O2S. The Morgan fingerprint density at radius 1 is 1.24 bits per heavy atom. The Kier molecular flexibility index (Phi) is 5.34. The van der Waals surface area contributed by atoms with E-state index >= 15 is 0 Å². The molecular weight excluding hydrogens is 290 g/mol. The molecule has 21 heavy (non-hydrogen) atoms. The smallest absolute Gasteiger partial charge is 0.262 e. The van der Waals surface area contributed by atoms with Crippen LogP contribution in [0.15, 0.2) is 11.2 Å². The molecule has 1 fully saturated rings. The minimum atomic E-state index is -3.54. The van der Waals surface area contributed by atoms with E-state index in [2.05, 4.69) is 10.3 Å². The second kappa shape index (κ2) is 6.85. The van der Waals surface area contributed by atoms with Gasteiger partial charge >= 0.3 is 0 Å². The quantitative estimate of drug-likeness (QED) is 0.773. The first kappa shape index (κ1) is 16.4. The highest BCUT2D eigenvalue weighted by molar-refractivity contribution is 7.89. The molecule has 0 aromatic carbocycles. The van der Waals surface area contributed by atoms with Crippen LogP contribution in [0, 0.1) is 0 Å². The lowest BCUT2D eigenvalue weighted by molar-refractivity contribution is 0.232. The van der Waals surface area contributed by atoms with E-state index in [-0.39, 0.29) is 11.1 Å². The molecule has 1 aromatic rings. The Labute approximate surface area is 127 Å². The van der Waals surface area contributed by atoms with Crippen LogP contribution in [0.2, 0.25) is 0 Å². The van der Waals surface area contributed by atoms with Crippen LogP contribution in [-0.2, 0) is 17.1 Å². The van der Waals surface area contributed by atoms with Crippen LogP contribution in [0.5, 0.6) is 0 Å². The topological polar surface area (TPSA) is 71.3 Å². The van der Waals surface area contributed by atoms with Gasteiger partial charge in [-0.3, -0.25) is 0 Å². The third-order valence-corrected chi connectivity index (χ3v) is 5.99. The summed E-state index contributed by atoms with van der Waals surface area (Å²) in [6.07, 6.45) is 6.62. The third-order valence-electron chi connectivity index (χ3n) is 4.00. The number of hydrogen-bond donors (Lipinski definition) is 0. The molecule has 0 saturated heterocycles. The molecule has 0 bridgehead atoms.